The van der Waals surface area contributed by atoms with Crippen LogP contribution in [0, 0.1) is 0 Å². The molecule has 87 heavy (non-hydrogen) atoms. The molecule has 6 nitrogen and oxygen atoms in total. The lowest BCUT2D eigenvalue weighted by Crippen LogP contribution is -2.45. The molecule has 1 amide bonds. The maximum atomic E-state index is 12.6. The summed E-state index contributed by atoms with van der Waals surface area (Å²) in [6, 6.07) is -0.542. The van der Waals surface area contributed by atoms with E-state index in [0.717, 1.165) is 51.4 Å². The minimum atomic E-state index is -0.665. The molecule has 0 rings (SSSR count). The number of esters is 1. The number of aliphatic hydroxyl groups is 2. The van der Waals surface area contributed by atoms with Gasteiger partial charge in [0.15, 0.2) is 0 Å². The van der Waals surface area contributed by atoms with Crippen LogP contribution in [-0.4, -0.2) is 47.4 Å². The first kappa shape index (κ1) is 85.1. The summed E-state index contributed by atoms with van der Waals surface area (Å²) in [4.78, 5) is 24.7. The predicted molar refractivity (Wildman–Crippen MR) is 384 cm³/mol. The van der Waals surface area contributed by atoms with Gasteiger partial charge in [0.2, 0.25) is 5.91 Å². The largest absolute Gasteiger partial charge is 0.466 e. The monoisotopic (exact) mass is 1220 g/mol. The molecule has 0 spiro atoms. The Bertz CT molecular complexity index is 1410. The van der Waals surface area contributed by atoms with Crippen molar-refractivity contribution >= 4 is 11.9 Å². The topological polar surface area (TPSA) is 95.9 Å². The molecule has 0 fully saturated rings. The van der Waals surface area contributed by atoms with Crippen LogP contribution in [0.2, 0.25) is 0 Å². The molecular weight excluding hydrogens is 1070 g/mol. The Balaban J connectivity index is 3.37. The van der Waals surface area contributed by atoms with E-state index in [0.29, 0.717) is 25.9 Å². The van der Waals surface area contributed by atoms with Crippen LogP contribution in [0.15, 0.2) is 36.5 Å². The fourth-order valence-electron chi connectivity index (χ4n) is 12.6. The Morgan fingerprint density at radius 3 is 0.908 bits per heavy atom. The molecule has 2 unspecified atom stereocenters. The van der Waals surface area contributed by atoms with E-state index < -0.39 is 12.1 Å². The first-order valence-corrected chi connectivity index (χ1v) is 39.7. The van der Waals surface area contributed by atoms with Gasteiger partial charge in [0.25, 0.3) is 0 Å². The van der Waals surface area contributed by atoms with Crippen molar-refractivity contribution in [2.24, 2.45) is 0 Å². The van der Waals surface area contributed by atoms with Crippen molar-refractivity contribution in [1.82, 2.24) is 5.32 Å². The highest BCUT2D eigenvalue weighted by molar-refractivity contribution is 5.76. The predicted octanol–water partition coefficient (Wildman–Crippen LogP) is 26.2. The molecule has 0 aromatic rings. The van der Waals surface area contributed by atoms with Crippen molar-refractivity contribution in [3.8, 4) is 0 Å². The minimum absolute atomic E-state index is 0.00438. The second kappa shape index (κ2) is 76.5. The van der Waals surface area contributed by atoms with E-state index >= 15 is 0 Å². The zero-order valence-corrected chi connectivity index (χ0v) is 59.0. The summed E-state index contributed by atoms with van der Waals surface area (Å²) in [5.74, 6) is -0.0232. The van der Waals surface area contributed by atoms with Crippen molar-refractivity contribution in [2.45, 2.75) is 456 Å². The molecule has 514 valence electrons. The van der Waals surface area contributed by atoms with Crippen molar-refractivity contribution in [1.29, 1.82) is 0 Å². The summed E-state index contributed by atoms with van der Waals surface area (Å²) in [6.07, 6.45) is 99.5. The lowest BCUT2D eigenvalue weighted by Gasteiger charge is -2.22. The van der Waals surface area contributed by atoms with Gasteiger partial charge in [0.05, 0.1) is 25.4 Å². The van der Waals surface area contributed by atoms with Gasteiger partial charge in [-0.15, -0.1) is 0 Å². The van der Waals surface area contributed by atoms with Crippen molar-refractivity contribution < 1.29 is 24.5 Å². The first-order valence-electron chi connectivity index (χ1n) is 39.7. The Morgan fingerprint density at radius 1 is 0.322 bits per heavy atom. The number of unbranched alkanes of at least 4 members (excludes halogenated alkanes) is 58. The number of hydrogen-bond donors (Lipinski definition) is 3. The molecule has 0 bridgehead atoms. The molecular formula is C81H155NO5. The Morgan fingerprint density at radius 2 is 0.575 bits per heavy atom. The highest BCUT2D eigenvalue weighted by Gasteiger charge is 2.20. The Labute approximate surface area is 544 Å². The number of carbonyl (C=O) groups is 2. The van der Waals surface area contributed by atoms with Crippen LogP contribution in [-0.2, 0) is 14.3 Å². The number of hydrogen-bond acceptors (Lipinski definition) is 5. The summed E-state index contributed by atoms with van der Waals surface area (Å²) in [5.41, 5.74) is 0. The first-order chi connectivity index (χ1) is 43.0. The second-order valence-corrected chi connectivity index (χ2v) is 27.4. The third-order valence-corrected chi connectivity index (χ3v) is 18.7. The quantitative estimate of drug-likeness (QED) is 0.0320. The zero-order chi connectivity index (χ0) is 62.8. The van der Waals surface area contributed by atoms with Crippen molar-refractivity contribution in [2.75, 3.05) is 13.2 Å². The number of rotatable bonds is 75. The normalized spacial score (nSPS) is 12.6. The molecule has 0 aliphatic rings. The fourth-order valence-corrected chi connectivity index (χ4v) is 12.6. The number of aliphatic hydroxyl groups excluding tert-OH is 2. The van der Waals surface area contributed by atoms with Crippen LogP contribution in [0.4, 0.5) is 0 Å². The molecule has 0 radical (unpaired) electrons. The third kappa shape index (κ3) is 73.0. The highest BCUT2D eigenvalue weighted by atomic mass is 16.5. The van der Waals surface area contributed by atoms with Crippen LogP contribution in [0.25, 0.3) is 0 Å². The molecule has 0 heterocycles. The number of carbonyl (C=O) groups excluding carboxylic acids is 2. The fraction of sp³-hybridized carbons (Fsp3) is 0.901. The van der Waals surface area contributed by atoms with Gasteiger partial charge in [-0.3, -0.25) is 9.59 Å². The van der Waals surface area contributed by atoms with Crippen LogP contribution >= 0.6 is 0 Å². The molecule has 0 aromatic carbocycles. The van der Waals surface area contributed by atoms with E-state index in [1.165, 1.54) is 360 Å². The smallest absolute Gasteiger partial charge is 0.305 e. The summed E-state index contributed by atoms with van der Waals surface area (Å²) in [6.45, 7) is 4.97. The molecule has 3 N–H and O–H groups in total. The average molecular weight is 1220 g/mol. The number of ether oxygens (including phenoxy) is 1. The van der Waals surface area contributed by atoms with Gasteiger partial charge in [-0.25, -0.2) is 0 Å². The van der Waals surface area contributed by atoms with Crippen LogP contribution in [0.3, 0.4) is 0 Å². The summed E-state index contributed by atoms with van der Waals surface area (Å²) in [5, 5.41) is 23.5. The molecule has 2 atom stereocenters. The second-order valence-electron chi connectivity index (χ2n) is 27.4. The van der Waals surface area contributed by atoms with Gasteiger partial charge in [0.1, 0.15) is 0 Å². The van der Waals surface area contributed by atoms with Crippen LogP contribution in [0.5, 0.6) is 0 Å². The third-order valence-electron chi connectivity index (χ3n) is 18.7. The Kier molecular flexibility index (Phi) is 74.8. The lowest BCUT2D eigenvalue weighted by atomic mass is 10.0. The van der Waals surface area contributed by atoms with Crippen LogP contribution < -0.4 is 5.32 Å². The van der Waals surface area contributed by atoms with Gasteiger partial charge in [-0.05, 0) is 83.5 Å². The van der Waals surface area contributed by atoms with Gasteiger partial charge in [-0.1, -0.05) is 384 Å². The van der Waals surface area contributed by atoms with Crippen LogP contribution in [0.1, 0.15) is 444 Å². The molecule has 0 aliphatic carbocycles. The number of nitrogens with one attached hydrogen (secondary N) is 1. The van der Waals surface area contributed by atoms with Gasteiger partial charge in [-0.2, -0.15) is 0 Å². The highest BCUT2D eigenvalue weighted by Crippen LogP contribution is 2.20. The maximum absolute atomic E-state index is 12.6. The Hall–Kier alpha value is -1.92. The van der Waals surface area contributed by atoms with E-state index in [4.69, 9.17) is 4.74 Å². The summed E-state index contributed by atoms with van der Waals surface area (Å²) < 4.78 is 5.49. The molecule has 0 aliphatic heterocycles. The molecule has 0 aromatic heterocycles. The average Bonchev–Trinajstić information content (AvgIpc) is 3.53. The molecule has 6 heteroatoms. The van der Waals surface area contributed by atoms with Gasteiger partial charge in [0, 0.05) is 12.8 Å². The van der Waals surface area contributed by atoms with Gasteiger partial charge < -0.3 is 20.3 Å². The van der Waals surface area contributed by atoms with E-state index in [1.54, 1.807) is 0 Å². The lowest BCUT2D eigenvalue weighted by molar-refractivity contribution is -0.143. The summed E-state index contributed by atoms with van der Waals surface area (Å²) in [7, 11) is 0. The summed E-state index contributed by atoms with van der Waals surface area (Å²) >= 11 is 0. The molecule has 0 saturated heterocycles. The van der Waals surface area contributed by atoms with E-state index in [-0.39, 0.29) is 18.5 Å². The van der Waals surface area contributed by atoms with E-state index in [9.17, 15) is 19.8 Å². The zero-order valence-electron chi connectivity index (χ0n) is 59.0. The maximum Gasteiger partial charge on any atom is 0.305 e. The number of allylic oxidation sites excluding steroid dienone is 6. The minimum Gasteiger partial charge on any atom is -0.466 e. The SMILES string of the molecule is CCCCC/C=C\C/C=C\CCCCCCCC(=O)OCCCCCCCCCCCCCC/C=C\CCCCCCCCCCCCCCCCCC(=O)NC(CO)C(O)CCCCCCCCCCCCCCCCCCCCCCCCCC. The number of amides is 1. The van der Waals surface area contributed by atoms with Crippen molar-refractivity contribution in [3.05, 3.63) is 36.5 Å². The standard InChI is InChI=1S/C81H155NO5/c1-3-5-7-9-11-13-15-17-19-20-21-22-23-33-36-39-42-46-49-53-57-61-65-69-73-79(84)78(77-83)82-80(85)74-70-66-62-58-54-50-47-43-40-37-34-31-29-27-25-24-26-28-30-32-35-38-41-44-48-52-56-60-64-68-72-76-87-81(86)75-71-67-63-59-55-51-45-18-16-14-12-10-8-6-4-2/h12,14,18,26,28,45,78-79,83-84H,3-11,13,15-17,19-25,27,29-44,46-77H2,1-2H3,(H,82,85)/b14-12-,28-26-,45-18-. The molecule has 0 saturated carbocycles. The van der Waals surface area contributed by atoms with Gasteiger partial charge >= 0.3 is 5.97 Å². The van der Waals surface area contributed by atoms with E-state index in [1.807, 2.05) is 0 Å². The van der Waals surface area contributed by atoms with Crippen molar-refractivity contribution in [3.63, 3.8) is 0 Å². The van der Waals surface area contributed by atoms with E-state index in [2.05, 4.69) is 55.6 Å².